The third-order valence-corrected chi connectivity index (χ3v) is 3.11. The number of fused-ring (bicyclic) bond motifs is 1. The normalized spacial score (nSPS) is 11.0. The van der Waals surface area contributed by atoms with E-state index in [2.05, 4.69) is 9.97 Å². The monoisotopic (exact) mass is 236 g/mol. The van der Waals surface area contributed by atoms with Crippen molar-refractivity contribution in [1.29, 1.82) is 0 Å². The van der Waals surface area contributed by atoms with E-state index in [1.54, 1.807) is 12.3 Å². The highest BCUT2D eigenvalue weighted by Crippen LogP contribution is 2.27. The summed E-state index contributed by atoms with van der Waals surface area (Å²) >= 11 is 7.57. The van der Waals surface area contributed by atoms with Crippen LogP contribution in [0.15, 0.2) is 34.3 Å². The Balaban J connectivity index is 2.29. The van der Waals surface area contributed by atoms with Crippen molar-refractivity contribution in [1.82, 2.24) is 9.97 Å². The second-order valence-electron chi connectivity index (χ2n) is 2.95. The zero-order chi connectivity index (χ0) is 10.3. The average molecular weight is 237 g/mol. The maximum Gasteiger partial charge on any atom is 0.198 e. The van der Waals surface area contributed by atoms with Gasteiger partial charge in [0.2, 0.25) is 0 Å². The van der Waals surface area contributed by atoms with Crippen LogP contribution in [-0.2, 0) is 0 Å². The van der Waals surface area contributed by atoms with Crippen molar-refractivity contribution in [2.75, 3.05) is 0 Å². The first-order valence-electron chi connectivity index (χ1n) is 4.29. The molecule has 0 aliphatic carbocycles. The Kier molecular flexibility index (Phi) is 1.97. The summed E-state index contributed by atoms with van der Waals surface area (Å²) in [6, 6.07) is 5.52. The third-order valence-electron chi connectivity index (χ3n) is 2.02. The van der Waals surface area contributed by atoms with Crippen molar-refractivity contribution >= 4 is 33.2 Å². The van der Waals surface area contributed by atoms with E-state index in [-0.39, 0.29) is 0 Å². The van der Waals surface area contributed by atoms with Gasteiger partial charge in [-0.15, -0.1) is 11.3 Å². The van der Waals surface area contributed by atoms with Gasteiger partial charge >= 0.3 is 0 Å². The zero-order valence-corrected chi connectivity index (χ0v) is 9.05. The Morgan fingerprint density at radius 3 is 3.00 bits per heavy atom. The Labute approximate surface area is 94.3 Å². The molecule has 0 N–H and O–H groups in total. The number of hydrogen-bond donors (Lipinski definition) is 0. The van der Waals surface area contributed by atoms with E-state index >= 15 is 0 Å². The lowest BCUT2D eigenvalue weighted by atomic mass is 10.4. The smallest absolute Gasteiger partial charge is 0.198 e. The van der Waals surface area contributed by atoms with E-state index in [9.17, 15) is 0 Å². The van der Waals surface area contributed by atoms with Crippen LogP contribution in [0.2, 0.25) is 5.15 Å². The molecule has 0 aliphatic heterocycles. The van der Waals surface area contributed by atoms with Gasteiger partial charge in [0.25, 0.3) is 0 Å². The van der Waals surface area contributed by atoms with Crippen LogP contribution in [0.25, 0.3) is 21.8 Å². The molecule has 0 fully saturated rings. The minimum atomic E-state index is 0.465. The van der Waals surface area contributed by atoms with Crippen molar-refractivity contribution in [3.05, 3.63) is 35.0 Å². The van der Waals surface area contributed by atoms with Crippen LogP contribution >= 0.6 is 22.9 Å². The van der Waals surface area contributed by atoms with Gasteiger partial charge in [-0.2, -0.15) is 0 Å². The first-order valence-corrected chi connectivity index (χ1v) is 5.55. The lowest BCUT2D eigenvalue weighted by molar-refractivity contribution is 0.577. The largest absolute Gasteiger partial charge is 0.461 e. The maximum atomic E-state index is 6.03. The van der Waals surface area contributed by atoms with E-state index in [4.69, 9.17) is 16.0 Å². The summed E-state index contributed by atoms with van der Waals surface area (Å²) < 4.78 is 5.22. The molecular formula is C10H5ClN2OS. The highest BCUT2D eigenvalue weighted by Gasteiger charge is 2.10. The van der Waals surface area contributed by atoms with Gasteiger partial charge in [-0.1, -0.05) is 11.6 Å². The molecule has 0 amide bonds. The summed E-state index contributed by atoms with van der Waals surface area (Å²) in [6.45, 7) is 0. The van der Waals surface area contributed by atoms with Crippen molar-refractivity contribution < 1.29 is 4.42 Å². The Hall–Kier alpha value is -1.39. The molecule has 3 aromatic rings. The number of thiophene rings is 1. The van der Waals surface area contributed by atoms with Gasteiger partial charge in [0.1, 0.15) is 9.98 Å². The standard InChI is InChI=1S/C10H5ClN2OS/c11-8-6-3-5-15-10(6)13-9(12-8)7-2-1-4-14-7/h1-5H. The Morgan fingerprint density at radius 1 is 1.27 bits per heavy atom. The molecule has 0 saturated carbocycles. The molecule has 3 nitrogen and oxygen atoms in total. The first-order chi connectivity index (χ1) is 7.34. The van der Waals surface area contributed by atoms with Crippen molar-refractivity contribution in [2.24, 2.45) is 0 Å². The number of nitrogens with zero attached hydrogens (tertiary/aromatic N) is 2. The van der Waals surface area contributed by atoms with Crippen molar-refractivity contribution in [3.63, 3.8) is 0 Å². The Morgan fingerprint density at radius 2 is 2.20 bits per heavy atom. The van der Waals surface area contributed by atoms with E-state index in [1.807, 2.05) is 17.5 Å². The average Bonchev–Trinajstić information content (AvgIpc) is 2.88. The van der Waals surface area contributed by atoms with E-state index in [0.29, 0.717) is 16.7 Å². The van der Waals surface area contributed by atoms with Gasteiger partial charge in [-0.3, -0.25) is 0 Å². The predicted molar refractivity (Wildman–Crippen MR) is 60.1 cm³/mol. The fourth-order valence-corrected chi connectivity index (χ4v) is 2.39. The molecule has 74 valence electrons. The molecule has 0 spiro atoms. The summed E-state index contributed by atoms with van der Waals surface area (Å²) in [7, 11) is 0. The van der Waals surface area contributed by atoms with Crippen LogP contribution in [0.4, 0.5) is 0 Å². The van der Waals surface area contributed by atoms with Gasteiger partial charge in [0, 0.05) is 5.39 Å². The van der Waals surface area contributed by atoms with Gasteiger partial charge in [-0.25, -0.2) is 9.97 Å². The maximum absolute atomic E-state index is 6.03. The van der Waals surface area contributed by atoms with Gasteiger partial charge in [0.15, 0.2) is 11.6 Å². The van der Waals surface area contributed by atoms with E-state index in [0.717, 1.165) is 10.2 Å². The summed E-state index contributed by atoms with van der Waals surface area (Å²) in [5, 5.41) is 3.29. The second-order valence-corrected chi connectivity index (χ2v) is 4.21. The van der Waals surface area contributed by atoms with Crippen LogP contribution in [-0.4, -0.2) is 9.97 Å². The molecule has 0 aliphatic rings. The second kappa shape index (κ2) is 3.32. The van der Waals surface area contributed by atoms with Crippen LogP contribution in [0.3, 0.4) is 0 Å². The third kappa shape index (κ3) is 1.42. The summed E-state index contributed by atoms with van der Waals surface area (Å²) in [5.41, 5.74) is 0. The highest BCUT2D eigenvalue weighted by molar-refractivity contribution is 7.16. The summed E-state index contributed by atoms with van der Waals surface area (Å²) in [6.07, 6.45) is 1.59. The van der Waals surface area contributed by atoms with Gasteiger partial charge in [0.05, 0.1) is 6.26 Å². The molecule has 0 unspecified atom stereocenters. The summed E-state index contributed by atoms with van der Waals surface area (Å²) in [4.78, 5) is 9.43. The minimum absolute atomic E-state index is 0.465. The minimum Gasteiger partial charge on any atom is -0.461 e. The van der Waals surface area contributed by atoms with E-state index < -0.39 is 0 Å². The molecule has 5 heteroatoms. The molecule has 0 bridgehead atoms. The van der Waals surface area contributed by atoms with Crippen molar-refractivity contribution in [3.8, 4) is 11.6 Å². The zero-order valence-electron chi connectivity index (χ0n) is 7.48. The van der Waals surface area contributed by atoms with Crippen molar-refractivity contribution in [2.45, 2.75) is 0 Å². The highest BCUT2D eigenvalue weighted by atomic mass is 35.5. The van der Waals surface area contributed by atoms with Crippen LogP contribution in [0, 0.1) is 0 Å². The molecule has 3 aromatic heterocycles. The number of hydrogen-bond acceptors (Lipinski definition) is 4. The molecule has 0 atom stereocenters. The first kappa shape index (κ1) is 8.88. The topological polar surface area (TPSA) is 38.9 Å². The molecule has 3 rings (SSSR count). The number of aromatic nitrogens is 2. The lowest BCUT2D eigenvalue weighted by Crippen LogP contribution is -1.87. The fraction of sp³-hybridized carbons (Fsp3) is 0. The predicted octanol–water partition coefficient (Wildman–Crippen LogP) is 3.60. The fourth-order valence-electron chi connectivity index (χ4n) is 1.34. The quantitative estimate of drug-likeness (QED) is 0.606. The lowest BCUT2D eigenvalue weighted by Gasteiger charge is -1.97. The van der Waals surface area contributed by atoms with Crippen LogP contribution in [0.1, 0.15) is 0 Å². The molecule has 0 aromatic carbocycles. The SMILES string of the molecule is Clc1nc(-c2ccco2)nc2sccc12. The number of halogens is 1. The Bertz CT molecular complexity index is 603. The number of furan rings is 1. The van der Waals surface area contributed by atoms with Gasteiger partial charge < -0.3 is 4.42 Å². The molecule has 0 saturated heterocycles. The summed E-state index contributed by atoms with van der Waals surface area (Å²) in [5.74, 6) is 1.16. The van der Waals surface area contributed by atoms with E-state index in [1.165, 1.54) is 11.3 Å². The van der Waals surface area contributed by atoms with Crippen LogP contribution < -0.4 is 0 Å². The molecular weight excluding hydrogens is 232 g/mol. The molecule has 15 heavy (non-hydrogen) atoms. The van der Waals surface area contributed by atoms with Crippen LogP contribution in [0.5, 0.6) is 0 Å². The number of rotatable bonds is 1. The molecule has 0 radical (unpaired) electrons. The molecule has 3 heterocycles. The van der Waals surface area contributed by atoms with Gasteiger partial charge in [-0.05, 0) is 23.6 Å².